The summed E-state index contributed by atoms with van der Waals surface area (Å²) in [5.74, 6) is 0.281. The van der Waals surface area contributed by atoms with E-state index < -0.39 is 9.84 Å². The summed E-state index contributed by atoms with van der Waals surface area (Å²) in [6.07, 6.45) is 4.16. The Morgan fingerprint density at radius 3 is 2.00 bits per heavy atom. The topological polar surface area (TPSA) is 69.7 Å². The molecular formula is C16H30O5S. The van der Waals surface area contributed by atoms with Crippen LogP contribution in [0.5, 0.6) is 0 Å². The van der Waals surface area contributed by atoms with E-state index in [0.29, 0.717) is 32.7 Å². The molecule has 0 unspecified atom stereocenters. The van der Waals surface area contributed by atoms with Crippen molar-refractivity contribution in [1.82, 2.24) is 0 Å². The molecule has 0 aromatic rings. The number of allylic oxidation sites excluding steroid dienone is 1. The third-order valence-corrected chi connectivity index (χ3v) is 3.93. The van der Waals surface area contributed by atoms with Gasteiger partial charge < -0.3 is 9.47 Å². The fraction of sp³-hybridized carbons (Fsp3) is 0.688. The Kier molecular flexibility index (Phi) is 17.4. The normalized spacial score (nSPS) is 10.5. The zero-order chi connectivity index (χ0) is 17.3. The molecule has 0 fully saturated rings. The fourth-order valence-electron chi connectivity index (χ4n) is 1.33. The first-order chi connectivity index (χ1) is 10.4. The Morgan fingerprint density at radius 2 is 1.55 bits per heavy atom. The van der Waals surface area contributed by atoms with Gasteiger partial charge >= 0.3 is 0 Å². The van der Waals surface area contributed by atoms with Crippen LogP contribution in [0, 0.1) is 0 Å². The van der Waals surface area contributed by atoms with Crippen LogP contribution in [0.4, 0.5) is 0 Å². The maximum atomic E-state index is 10.9. The molecule has 0 spiro atoms. The first-order valence-electron chi connectivity index (χ1n) is 7.59. The maximum Gasteiger partial charge on any atom is 0.171 e. The van der Waals surface area contributed by atoms with E-state index in [1.807, 2.05) is 13.8 Å². The standard InChI is InChI=1S/C8H16O3S.C8H14O2/c1-3-11-7-5-6-8-12(9,10)4-2;1-3-8(9)6-5-7-10-4-2/h4H,2-3,5-8H2,1H3;3H,1,4-7H2,2H3. The van der Waals surface area contributed by atoms with Gasteiger partial charge in [0.25, 0.3) is 0 Å². The summed E-state index contributed by atoms with van der Waals surface area (Å²) in [6.45, 7) is 13.2. The summed E-state index contributed by atoms with van der Waals surface area (Å²) in [6, 6.07) is 0. The summed E-state index contributed by atoms with van der Waals surface area (Å²) < 4.78 is 31.8. The zero-order valence-corrected chi connectivity index (χ0v) is 14.7. The summed E-state index contributed by atoms with van der Waals surface area (Å²) in [5, 5.41) is 1.01. The highest BCUT2D eigenvalue weighted by Crippen LogP contribution is 1.98. The molecule has 0 N–H and O–H groups in total. The number of carbonyl (C=O) groups is 1. The number of unbranched alkanes of at least 4 members (excludes halogenated alkanes) is 1. The predicted octanol–water partition coefficient (Wildman–Crippen LogP) is 2.92. The molecule has 0 aliphatic heterocycles. The lowest BCUT2D eigenvalue weighted by atomic mass is 10.2. The van der Waals surface area contributed by atoms with Crippen molar-refractivity contribution >= 4 is 15.6 Å². The van der Waals surface area contributed by atoms with E-state index in [2.05, 4.69) is 13.2 Å². The van der Waals surface area contributed by atoms with Crippen molar-refractivity contribution in [3.8, 4) is 0 Å². The van der Waals surface area contributed by atoms with Gasteiger partial charge in [0.2, 0.25) is 0 Å². The Hall–Kier alpha value is -0.980. The molecule has 0 bridgehead atoms. The summed E-state index contributed by atoms with van der Waals surface area (Å²) in [4.78, 5) is 10.6. The third kappa shape index (κ3) is 19.0. The second-order valence-corrected chi connectivity index (χ2v) is 6.48. The first-order valence-corrected chi connectivity index (χ1v) is 9.30. The van der Waals surface area contributed by atoms with Gasteiger partial charge in [-0.05, 0) is 39.2 Å². The van der Waals surface area contributed by atoms with Crippen LogP contribution in [0.25, 0.3) is 0 Å². The lowest BCUT2D eigenvalue weighted by Crippen LogP contribution is -2.03. The van der Waals surface area contributed by atoms with E-state index in [0.717, 1.165) is 24.9 Å². The first kappa shape index (κ1) is 23.3. The minimum Gasteiger partial charge on any atom is -0.382 e. The minimum atomic E-state index is -3.00. The van der Waals surface area contributed by atoms with Crippen molar-refractivity contribution in [3.05, 3.63) is 24.6 Å². The van der Waals surface area contributed by atoms with Crippen molar-refractivity contribution < 1.29 is 22.7 Å². The van der Waals surface area contributed by atoms with Crippen molar-refractivity contribution in [2.45, 2.75) is 39.5 Å². The molecule has 0 aromatic carbocycles. The monoisotopic (exact) mass is 334 g/mol. The van der Waals surface area contributed by atoms with Gasteiger partial charge in [0.1, 0.15) is 0 Å². The van der Waals surface area contributed by atoms with Crippen LogP contribution in [-0.2, 0) is 24.1 Å². The van der Waals surface area contributed by atoms with E-state index in [9.17, 15) is 13.2 Å². The van der Waals surface area contributed by atoms with Crippen molar-refractivity contribution in [1.29, 1.82) is 0 Å². The van der Waals surface area contributed by atoms with Crippen LogP contribution in [-0.4, -0.2) is 46.4 Å². The molecule has 0 radical (unpaired) electrons. The number of hydrogen-bond donors (Lipinski definition) is 0. The highest BCUT2D eigenvalue weighted by atomic mass is 32.2. The van der Waals surface area contributed by atoms with Crippen LogP contribution >= 0.6 is 0 Å². The van der Waals surface area contributed by atoms with E-state index in [1.165, 1.54) is 6.08 Å². The van der Waals surface area contributed by atoms with Crippen LogP contribution in [0.2, 0.25) is 0 Å². The molecule has 0 atom stereocenters. The second kappa shape index (κ2) is 16.4. The number of ether oxygens (including phenoxy) is 2. The SMILES string of the molecule is C=CC(=O)CCCOCC.C=CS(=O)(=O)CCCCOCC. The van der Waals surface area contributed by atoms with E-state index >= 15 is 0 Å². The lowest BCUT2D eigenvalue weighted by Gasteiger charge is -1.99. The molecule has 22 heavy (non-hydrogen) atoms. The van der Waals surface area contributed by atoms with Crippen molar-refractivity contribution in [2.75, 3.05) is 32.2 Å². The van der Waals surface area contributed by atoms with Gasteiger partial charge in [-0.1, -0.05) is 13.2 Å². The van der Waals surface area contributed by atoms with Gasteiger partial charge in [0.15, 0.2) is 15.6 Å². The highest BCUT2D eigenvalue weighted by molar-refractivity contribution is 7.94. The van der Waals surface area contributed by atoms with Gasteiger partial charge in [-0.15, -0.1) is 0 Å². The molecule has 0 amide bonds. The molecule has 0 rings (SSSR count). The van der Waals surface area contributed by atoms with E-state index in [1.54, 1.807) is 0 Å². The third-order valence-electron chi connectivity index (χ3n) is 2.57. The number of carbonyl (C=O) groups excluding carboxylic acids is 1. The van der Waals surface area contributed by atoms with Gasteiger partial charge in [-0.2, -0.15) is 0 Å². The zero-order valence-electron chi connectivity index (χ0n) is 13.9. The molecule has 0 saturated carbocycles. The van der Waals surface area contributed by atoms with Crippen LogP contribution in [0.3, 0.4) is 0 Å². The largest absolute Gasteiger partial charge is 0.382 e. The molecular weight excluding hydrogens is 304 g/mol. The Bertz CT molecular complexity index is 387. The van der Waals surface area contributed by atoms with Gasteiger partial charge in [0.05, 0.1) is 5.75 Å². The number of ketones is 1. The molecule has 0 aliphatic carbocycles. The predicted molar refractivity (Wildman–Crippen MR) is 90.6 cm³/mol. The van der Waals surface area contributed by atoms with E-state index in [4.69, 9.17) is 9.47 Å². The molecule has 130 valence electrons. The van der Waals surface area contributed by atoms with Crippen molar-refractivity contribution in [2.24, 2.45) is 0 Å². The Morgan fingerprint density at radius 1 is 1.00 bits per heavy atom. The quantitative estimate of drug-likeness (QED) is 0.382. The molecule has 5 nitrogen and oxygen atoms in total. The number of sulfone groups is 1. The Labute approximate surface area is 135 Å². The minimum absolute atomic E-state index is 0.0969. The fourth-order valence-corrected chi connectivity index (χ4v) is 2.10. The molecule has 6 heteroatoms. The number of rotatable bonds is 13. The van der Waals surface area contributed by atoms with Gasteiger partial charge in [0, 0.05) is 38.3 Å². The van der Waals surface area contributed by atoms with Crippen molar-refractivity contribution in [3.63, 3.8) is 0 Å². The number of hydrogen-bond acceptors (Lipinski definition) is 5. The average molecular weight is 334 g/mol. The average Bonchev–Trinajstić information content (AvgIpc) is 2.51. The summed E-state index contributed by atoms with van der Waals surface area (Å²) >= 11 is 0. The lowest BCUT2D eigenvalue weighted by molar-refractivity contribution is -0.114. The van der Waals surface area contributed by atoms with E-state index in [-0.39, 0.29) is 11.5 Å². The smallest absolute Gasteiger partial charge is 0.171 e. The summed E-state index contributed by atoms with van der Waals surface area (Å²) in [5.41, 5.74) is 0. The second-order valence-electron chi connectivity index (χ2n) is 4.41. The molecule has 0 aromatic heterocycles. The maximum absolute atomic E-state index is 10.9. The van der Waals surface area contributed by atoms with Gasteiger partial charge in [-0.25, -0.2) is 8.42 Å². The molecule has 0 heterocycles. The van der Waals surface area contributed by atoms with Gasteiger partial charge in [-0.3, -0.25) is 4.79 Å². The Balaban J connectivity index is 0. The van der Waals surface area contributed by atoms with Crippen LogP contribution in [0.1, 0.15) is 39.5 Å². The van der Waals surface area contributed by atoms with Crippen LogP contribution in [0.15, 0.2) is 24.6 Å². The molecule has 0 aliphatic rings. The summed E-state index contributed by atoms with van der Waals surface area (Å²) in [7, 11) is -3.00. The highest BCUT2D eigenvalue weighted by Gasteiger charge is 2.03. The van der Waals surface area contributed by atoms with Crippen LogP contribution < -0.4 is 0 Å². The molecule has 0 saturated heterocycles.